The summed E-state index contributed by atoms with van der Waals surface area (Å²) in [6.07, 6.45) is 2.55. The number of amides is 1. The number of carbonyl (C=O) groups excluding carboxylic acids is 2. The summed E-state index contributed by atoms with van der Waals surface area (Å²) >= 11 is 9.32. The summed E-state index contributed by atoms with van der Waals surface area (Å²) in [4.78, 5) is 24.9. The zero-order valence-electron chi connectivity index (χ0n) is 15.6. The van der Waals surface area contributed by atoms with E-state index in [-0.39, 0.29) is 30.2 Å². The van der Waals surface area contributed by atoms with Crippen molar-refractivity contribution in [2.75, 3.05) is 5.01 Å². The van der Waals surface area contributed by atoms with Crippen molar-refractivity contribution in [3.05, 3.63) is 56.5 Å². The standard InChI is InChI=1S/C21H18BrClN2O4/c1-2-3-4-18-13-6-5-12(9-14(13)21(28)29-18)25-19(26)10-17(24-25)15-7-11(23)8-16(22)20(15)27/h5-9,18,27H,2-4,10H2,1H3. The highest BCUT2D eigenvalue weighted by atomic mass is 79.9. The highest BCUT2D eigenvalue weighted by Crippen LogP contribution is 2.38. The number of fused-ring (bicyclic) bond motifs is 1. The van der Waals surface area contributed by atoms with Gasteiger partial charge in [-0.1, -0.05) is 31.0 Å². The van der Waals surface area contributed by atoms with Crippen molar-refractivity contribution < 1.29 is 19.4 Å². The minimum atomic E-state index is -0.379. The van der Waals surface area contributed by atoms with E-state index in [0.29, 0.717) is 32.0 Å². The number of halogens is 2. The first-order chi connectivity index (χ1) is 13.9. The van der Waals surface area contributed by atoms with Gasteiger partial charge < -0.3 is 9.84 Å². The maximum Gasteiger partial charge on any atom is 0.339 e. The van der Waals surface area contributed by atoms with Crippen molar-refractivity contribution in [2.45, 2.75) is 38.7 Å². The molecule has 29 heavy (non-hydrogen) atoms. The first kappa shape index (κ1) is 19.9. The summed E-state index contributed by atoms with van der Waals surface area (Å²) < 4.78 is 5.90. The fourth-order valence-electron chi connectivity index (χ4n) is 3.56. The topological polar surface area (TPSA) is 79.2 Å². The zero-order chi connectivity index (χ0) is 20.7. The SMILES string of the molecule is CCCCC1OC(=O)c2cc(N3N=C(c4cc(Cl)cc(Br)c4O)CC3=O)ccc21. The number of ether oxygens (including phenoxy) is 1. The third kappa shape index (κ3) is 3.65. The van der Waals surface area contributed by atoms with Crippen LogP contribution < -0.4 is 5.01 Å². The second kappa shape index (κ2) is 7.80. The van der Waals surface area contributed by atoms with Gasteiger partial charge in [-0.05, 0) is 53.0 Å². The fraction of sp³-hybridized carbons (Fsp3) is 0.286. The minimum absolute atomic E-state index is 0.0149. The summed E-state index contributed by atoms with van der Waals surface area (Å²) in [5, 5.41) is 16.4. The van der Waals surface area contributed by atoms with Crippen molar-refractivity contribution in [1.82, 2.24) is 0 Å². The largest absolute Gasteiger partial charge is 0.506 e. The predicted octanol–water partition coefficient (Wildman–Crippen LogP) is 5.35. The third-order valence-corrected chi connectivity index (χ3v) is 5.85. The molecule has 0 fully saturated rings. The lowest BCUT2D eigenvalue weighted by atomic mass is 10.0. The normalized spacial score (nSPS) is 18.1. The van der Waals surface area contributed by atoms with Gasteiger partial charge in [0.25, 0.3) is 5.91 Å². The summed E-state index contributed by atoms with van der Waals surface area (Å²) in [7, 11) is 0. The molecule has 6 nitrogen and oxygen atoms in total. The highest BCUT2D eigenvalue weighted by molar-refractivity contribution is 9.10. The molecule has 0 radical (unpaired) electrons. The Morgan fingerprint density at radius 3 is 2.83 bits per heavy atom. The van der Waals surface area contributed by atoms with Gasteiger partial charge in [0.05, 0.1) is 27.9 Å². The number of hydrogen-bond acceptors (Lipinski definition) is 5. The van der Waals surface area contributed by atoms with Crippen molar-refractivity contribution in [3.8, 4) is 5.75 Å². The van der Waals surface area contributed by atoms with E-state index < -0.39 is 0 Å². The number of anilines is 1. The summed E-state index contributed by atoms with van der Waals surface area (Å²) in [5.41, 5.74) is 2.59. The van der Waals surface area contributed by atoms with Crippen LogP contribution in [0.4, 0.5) is 5.69 Å². The van der Waals surface area contributed by atoms with Crippen molar-refractivity contribution in [1.29, 1.82) is 0 Å². The number of benzene rings is 2. The number of esters is 1. The molecule has 1 atom stereocenters. The highest BCUT2D eigenvalue weighted by Gasteiger charge is 2.33. The molecule has 2 aromatic carbocycles. The van der Waals surface area contributed by atoms with E-state index in [9.17, 15) is 14.7 Å². The molecular weight excluding hydrogens is 460 g/mol. The lowest BCUT2D eigenvalue weighted by Gasteiger charge is -2.13. The number of aromatic hydroxyl groups is 1. The van der Waals surface area contributed by atoms with Gasteiger partial charge in [-0.15, -0.1) is 0 Å². The van der Waals surface area contributed by atoms with Crippen molar-refractivity contribution in [3.63, 3.8) is 0 Å². The smallest absolute Gasteiger partial charge is 0.339 e. The van der Waals surface area contributed by atoms with E-state index >= 15 is 0 Å². The quantitative estimate of drug-likeness (QED) is 0.589. The molecule has 1 N–H and O–H groups in total. The monoisotopic (exact) mass is 476 g/mol. The molecule has 2 aliphatic rings. The molecule has 8 heteroatoms. The lowest BCUT2D eigenvalue weighted by molar-refractivity contribution is -0.116. The van der Waals surface area contributed by atoms with E-state index in [1.807, 2.05) is 6.07 Å². The third-order valence-electron chi connectivity index (χ3n) is 5.03. The molecule has 4 rings (SSSR count). The molecule has 0 aromatic heterocycles. The van der Waals surface area contributed by atoms with E-state index in [4.69, 9.17) is 16.3 Å². The van der Waals surface area contributed by atoms with Crippen LogP contribution in [0.25, 0.3) is 0 Å². The maximum absolute atomic E-state index is 12.6. The number of carbonyl (C=O) groups is 2. The van der Waals surface area contributed by atoms with Gasteiger partial charge >= 0.3 is 5.97 Å². The predicted molar refractivity (Wildman–Crippen MR) is 114 cm³/mol. The van der Waals surface area contributed by atoms with Crippen LogP contribution in [0.1, 0.15) is 60.2 Å². The Morgan fingerprint density at radius 1 is 1.28 bits per heavy atom. The molecule has 2 heterocycles. The van der Waals surface area contributed by atoms with E-state index in [1.165, 1.54) is 5.01 Å². The number of hydrogen-bond donors (Lipinski definition) is 1. The number of cyclic esters (lactones) is 1. The molecule has 1 amide bonds. The van der Waals surface area contributed by atoms with Gasteiger partial charge in [0.2, 0.25) is 0 Å². The van der Waals surface area contributed by atoms with Crippen LogP contribution in [0, 0.1) is 0 Å². The van der Waals surface area contributed by atoms with Gasteiger partial charge in [-0.2, -0.15) is 5.10 Å². The summed E-state index contributed by atoms with van der Waals surface area (Å²) in [6.45, 7) is 2.09. The molecule has 0 aliphatic carbocycles. The van der Waals surface area contributed by atoms with Gasteiger partial charge in [-0.25, -0.2) is 9.80 Å². The van der Waals surface area contributed by atoms with Gasteiger partial charge in [0, 0.05) is 16.1 Å². The molecule has 0 saturated heterocycles. The van der Waals surface area contributed by atoms with Crippen LogP contribution in [0.2, 0.25) is 5.02 Å². The molecular formula is C21H18BrClN2O4. The second-order valence-electron chi connectivity index (χ2n) is 7.02. The molecule has 0 bridgehead atoms. The number of rotatable bonds is 5. The van der Waals surface area contributed by atoms with Crippen LogP contribution in [0.15, 0.2) is 39.9 Å². The van der Waals surface area contributed by atoms with E-state index in [0.717, 1.165) is 24.8 Å². The zero-order valence-corrected chi connectivity index (χ0v) is 18.0. The fourth-order valence-corrected chi connectivity index (χ4v) is 4.37. The number of unbranched alkanes of at least 4 members (excludes halogenated alkanes) is 1. The van der Waals surface area contributed by atoms with Crippen LogP contribution in [0.5, 0.6) is 5.75 Å². The van der Waals surface area contributed by atoms with Gasteiger partial charge in [0.1, 0.15) is 11.9 Å². The number of hydrazone groups is 1. The lowest BCUT2D eigenvalue weighted by Crippen LogP contribution is -2.19. The number of phenols is 1. The first-order valence-electron chi connectivity index (χ1n) is 9.32. The van der Waals surface area contributed by atoms with Crippen LogP contribution in [-0.2, 0) is 9.53 Å². The summed E-state index contributed by atoms with van der Waals surface area (Å²) in [5.74, 6) is -0.668. The Labute approximate surface area is 181 Å². The Kier molecular flexibility index (Phi) is 5.36. The molecule has 1 unspecified atom stereocenters. The average Bonchev–Trinajstić information content (AvgIpc) is 3.23. The van der Waals surface area contributed by atoms with Crippen molar-refractivity contribution >= 4 is 50.8 Å². The Balaban J connectivity index is 1.67. The molecule has 2 aliphatic heterocycles. The minimum Gasteiger partial charge on any atom is -0.506 e. The van der Waals surface area contributed by atoms with Crippen LogP contribution in [0.3, 0.4) is 0 Å². The van der Waals surface area contributed by atoms with Crippen LogP contribution >= 0.6 is 27.5 Å². The Morgan fingerprint density at radius 2 is 2.07 bits per heavy atom. The molecule has 0 saturated carbocycles. The van der Waals surface area contributed by atoms with E-state index in [2.05, 4.69) is 28.0 Å². The Bertz CT molecular complexity index is 1050. The maximum atomic E-state index is 12.6. The number of nitrogens with zero attached hydrogens (tertiary/aromatic N) is 2. The first-order valence-corrected chi connectivity index (χ1v) is 10.5. The molecule has 0 spiro atoms. The molecule has 2 aromatic rings. The number of phenolic OH excluding ortho intramolecular Hbond substituents is 1. The Hall–Kier alpha value is -2.38. The van der Waals surface area contributed by atoms with Crippen molar-refractivity contribution in [2.24, 2.45) is 5.10 Å². The van der Waals surface area contributed by atoms with Gasteiger partial charge in [-0.3, -0.25) is 4.79 Å². The van der Waals surface area contributed by atoms with E-state index in [1.54, 1.807) is 24.3 Å². The summed E-state index contributed by atoms with van der Waals surface area (Å²) in [6, 6.07) is 8.36. The van der Waals surface area contributed by atoms with Crippen LogP contribution in [-0.4, -0.2) is 22.7 Å². The molecule has 150 valence electrons. The average molecular weight is 478 g/mol. The second-order valence-corrected chi connectivity index (χ2v) is 8.31. The van der Waals surface area contributed by atoms with Gasteiger partial charge in [0.15, 0.2) is 0 Å².